The summed E-state index contributed by atoms with van der Waals surface area (Å²) in [5.41, 5.74) is 1.52. The quantitative estimate of drug-likeness (QED) is 0.803. The molecule has 0 bridgehead atoms. The van der Waals surface area contributed by atoms with Gasteiger partial charge in [-0.25, -0.2) is 4.79 Å². The van der Waals surface area contributed by atoms with E-state index in [0.717, 1.165) is 25.1 Å². The molecule has 2 N–H and O–H groups in total. The molecule has 2 aliphatic heterocycles. The summed E-state index contributed by atoms with van der Waals surface area (Å²) in [6.07, 6.45) is 2.51. The SMILES string of the molecule is O=C1NC(=O)[C@](CCC(=O)N2CCn3c(cc4sccc43)C2)(C2CC2)N1. The molecular formula is C18H20N4O3S. The lowest BCUT2D eigenvalue weighted by Crippen LogP contribution is -2.50. The first-order chi connectivity index (χ1) is 12.6. The predicted molar refractivity (Wildman–Crippen MR) is 96.6 cm³/mol. The van der Waals surface area contributed by atoms with Crippen molar-refractivity contribution in [2.24, 2.45) is 5.92 Å². The number of amides is 4. The summed E-state index contributed by atoms with van der Waals surface area (Å²) in [5.74, 6) is -0.0625. The van der Waals surface area contributed by atoms with E-state index in [1.807, 2.05) is 4.90 Å². The van der Waals surface area contributed by atoms with E-state index < -0.39 is 11.6 Å². The summed E-state index contributed by atoms with van der Waals surface area (Å²) in [4.78, 5) is 38.5. The van der Waals surface area contributed by atoms with Crippen molar-refractivity contribution in [3.63, 3.8) is 0 Å². The third-order valence-corrected chi connectivity index (χ3v) is 6.74. The van der Waals surface area contributed by atoms with Gasteiger partial charge in [0.25, 0.3) is 5.91 Å². The molecule has 1 aliphatic carbocycles. The molecule has 0 unspecified atom stereocenters. The molecule has 2 aromatic heterocycles. The van der Waals surface area contributed by atoms with E-state index in [2.05, 4.69) is 32.7 Å². The van der Waals surface area contributed by atoms with Crippen molar-refractivity contribution in [1.82, 2.24) is 20.1 Å². The van der Waals surface area contributed by atoms with E-state index in [1.165, 1.54) is 10.2 Å². The molecule has 0 aromatic carbocycles. The predicted octanol–water partition coefficient (Wildman–Crippen LogP) is 1.81. The number of fused-ring (bicyclic) bond motifs is 3. The van der Waals surface area contributed by atoms with Crippen LogP contribution < -0.4 is 10.6 Å². The number of hydrogen-bond acceptors (Lipinski definition) is 4. The van der Waals surface area contributed by atoms with E-state index in [0.29, 0.717) is 19.5 Å². The largest absolute Gasteiger partial charge is 0.340 e. The van der Waals surface area contributed by atoms with Gasteiger partial charge in [-0.05, 0) is 42.7 Å². The third-order valence-electron chi connectivity index (χ3n) is 5.88. The molecule has 2 aromatic rings. The molecule has 8 heteroatoms. The molecule has 7 nitrogen and oxygen atoms in total. The van der Waals surface area contributed by atoms with Crippen LogP contribution in [0.5, 0.6) is 0 Å². The number of urea groups is 1. The summed E-state index contributed by atoms with van der Waals surface area (Å²) in [7, 11) is 0. The second-order valence-corrected chi connectivity index (χ2v) is 8.37. The molecule has 1 saturated carbocycles. The van der Waals surface area contributed by atoms with Gasteiger partial charge in [0.05, 0.1) is 16.8 Å². The Morgan fingerprint density at radius 1 is 1.31 bits per heavy atom. The smallest absolute Gasteiger partial charge is 0.322 e. The lowest BCUT2D eigenvalue weighted by atomic mass is 9.87. The summed E-state index contributed by atoms with van der Waals surface area (Å²) < 4.78 is 3.54. The maximum Gasteiger partial charge on any atom is 0.322 e. The van der Waals surface area contributed by atoms with Crippen molar-refractivity contribution >= 4 is 39.4 Å². The summed E-state index contributed by atoms with van der Waals surface area (Å²) >= 11 is 1.72. The van der Waals surface area contributed by atoms with Crippen LogP contribution in [0.15, 0.2) is 17.5 Å². The molecule has 3 aliphatic rings. The average Bonchev–Trinajstić information content (AvgIpc) is 3.17. The Bertz CT molecular complexity index is 928. The van der Waals surface area contributed by atoms with Gasteiger partial charge >= 0.3 is 6.03 Å². The minimum absolute atomic E-state index is 0.0507. The van der Waals surface area contributed by atoms with E-state index in [4.69, 9.17) is 0 Å². The number of carbonyl (C=O) groups excluding carboxylic acids is 3. The molecule has 0 radical (unpaired) electrons. The standard InChI is InChI=1S/C18H20N4O3S/c23-15(3-5-18(11-1-2-11)16(24)19-17(25)20-18)21-6-7-22-12(10-21)9-14-13(22)4-8-26-14/h4,8-9,11H,1-3,5-7,10H2,(H2,19,20,24,25)/t18-/m0/s1. The fourth-order valence-electron chi connectivity index (χ4n) is 4.34. The minimum Gasteiger partial charge on any atom is -0.340 e. The number of thiophene rings is 1. The van der Waals surface area contributed by atoms with Crippen LogP contribution in [-0.4, -0.2) is 39.4 Å². The Labute approximate surface area is 154 Å². The lowest BCUT2D eigenvalue weighted by Gasteiger charge is -2.31. The molecule has 0 spiro atoms. The van der Waals surface area contributed by atoms with E-state index in [9.17, 15) is 14.4 Å². The van der Waals surface area contributed by atoms with Gasteiger partial charge in [-0.2, -0.15) is 0 Å². The van der Waals surface area contributed by atoms with Gasteiger partial charge in [-0.1, -0.05) is 0 Å². The topological polar surface area (TPSA) is 83.4 Å². The Balaban J connectivity index is 1.28. The number of nitrogens with one attached hydrogen (secondary N) is 2. The molecule has 4 amide bonds. The third kappa shape index (κ3) is 2.35. The molecule has 5 rings (SSSR count). The molecule has 26 heavy (non-hydrogen) atoms. The Morgan fingerprint density at radius 3 is 2.88 bits per heavy atom. The first-order valence-electron chi connectivity index (χ1n) is 9.04. The summed E-state index contributed by atoms with van der Waals surface area (Å²) in [5, 5.41) is 7.23. The fraction of sp³-hybridized carbons (Fsp3) is 0.500. The lowest BCUT2D eigenvalue weighted by molar-refractivity contribution is -0.133. The highest BCUT2D eigenvalue weighted by molar-refractivity contribution is 7.17. The van der Waals surface area contributed by atoms with Crippen LogP contribution >= 0.6 is 11.3 Å². The maximum atomic E-state index is 12.8. The van der Waals surface area contributed by atoms with Crippen LogP contribution in [0.2, 0.25) is 0 Å². The van der Waals surface area contributed by atoms with E-state index in [-0.39, 0.29) is 24.2 Å². The van der Waals surface area contributed by atoms with Gasteiger partial charge in [0.15, 0.2) is 0 Å². The van der Waals surface area contributed by atoms with Gasteiger partial charge in [-0.3, -0.25) is 14.9 Å². The molecule has 4 heterocycles. The van der Waals surface area contributed by atoms with E-state index >= 15 is 0 Å². The Hall–Kier alpha value is -2.35. The molecular weight excluding hydrogens is 352 g/mol. The van der Waals surface area contributed by atoms with Gasteiger partial charge < -0.3 is 14.8 Å². The number of rotatable bonds is 4. The van der Waals surface area contributed by atoms with Gasteiger partial charge in [0.2, 0.25) is 5.91 Å². The summed E-state index contributed by atoms with van der Waals surface area (Å²) in [6, 6.07) is 3.85. The number of aromatic nitrogens is 1. The number of nitrogens with zero attached hydrogens (tertiary/aromatic N) is 2. The first-order valence-corrected chi connectivity index (χ1v) is 9.92. The van der Waals surface area contributed by atoms with Crippen LogP contribution in [0.4, 0.5) is 4.79 Å². The number of imide groups is 1. The highest BCUT2D eigenvalue weighted by Gasteiger charge is 2.55. The minimum atomic E-state index is -0.884. The zero-order valence-electron chi connectivity index (χ0n) is 14.3. The second-order valence-electron chi connectivity index (χ2n) is 7.43. The highest BCUT2D eigenvalue weighted by Crippen LogP contribution is 2.43. The van der Waals surface area contributed by atoms with Crippen LogP contribution in [-0.2, 0) is 22.7 Å². The van der Waals surface area contributed by atoms with Crippen molar-refractivity contribution in [3.05, 3.63) is 23.2 Å². The van der Waals surface area contributed by atoms with Crippen LogP contribution in [0.3, 0.4) is 0 Å². The van der Waals surface area contributed by atoms with Gasteiger partial charge in [0, 0.05) is 25.2 Å². The average molecular weight is 372 g/mol. The first kappa shape index (κ1) is 15.9. The monoisotopic (exact) mass is 372 g/mol. The van der Waals surface area contributed by atoms with Crippen molar-refractivity contribution in [2.45, 2.75) is 44.3 Å². The molecule has 1 saturated heterocycles. The highest BCUT2D eigenvalue weighted by atomic mass is 32.1. The van der Waals surface area contributed by atoms with Gasteiger partial charge in [-0.15, -0.1) is 11.3 Å². The zero-order valence-corrected chi connectivity index (χ0v) is 15.1. The fourth-order valence-corrected chi connectivity index (χ4v) is 5.19. The normalized spacial score (nSPS) is 25.3. The number of carbonyl (C=O) groups is 3. The zero-order chi connectivity index (χ0) is 17.9. The molecule has 136 valence electrons. The van der Waals surface area contributed by atoms with Crippen molar-refractivity contribution in [1.29, 1.82) is 0 Å². The number of hydrogen-bond donors (Lipinski definition) is 2. The van der Waals surface area contributed by atoms with Gasteiger partial charge in [0.1, 0.15) is 5.54 Å². The van der Waals surface area contributed by atoms with Crippen LogP contribution in [0, 0.1) is 5.92 Å². The van der Waals surface area contributed by atoms with Crippen molar-refractivity contribution in [2.75, 3.05) is 6.54 Å². The Kier molecular flexibility index (Phi) is 3.40. The van der Waals surface area contributed by atoms with Crippen LogP contribution in [0.1, 0.15) is 31.4 Å². The van der Waals surface area contributed by atoms with Crippen molar-refractivity contribution in [3.8, 4) is 0 Å². The summed E-state index contributed by atoms with van der Waals surface area (Å²) in [6.45, 7) is 2.09. The second kappa shape index (κ2) is 5.57. The van der Waals surface area contributed by atoms with Crippen molar-refractivity contribution < 1.29 is 14.4 Å². The Morgan fingerprint density at radius 2 is 2.15 bits per heavy atom. The maximum absolute atomic E-state index is 12.8. The molecule has 1 atom stereocenters. The van der Waals surface area contributed by atoms with E-state index in [1.54, 1.807) is 11.3 Å². The van der Waals surface area contributed by atoms with Crippen LogP contribution in [0.25, 0.3) is 10.2 Å². The molecule has 2 fully saturated rings.